The Morgan fingerprint density at radius 1 is 1.35 bits per heavy atom. The van der Waals surface area contributed by atoms with Crippen molar-refractivity contribution in [3.05, 3.63) is 52.9 Å². The second kappa shape index (κ2) is 6.57. The van der Waals surface area contributed by atoms with Crippen molar-refractivity contribution in [3.63, 3.8) is 0 Å². The molecule has 1 atom stereocenters. The highest BCUT2D eigenvalue weighted by Crippen LogP contribution is 2.30. The van der Waals surface area contributed by atoms with Gasteiger partial charge < -0.3 is 9.42 Å². The highest BCUT2D eigenvalue weighted by Gasteiger charge is 2.28. The van der Waals surface area contributed by atoms with E-state index in [1.807, 2.05) is 18.7 Å². The molecule has 0 radical (unpaired) electrons. The highest BCUT2D eigenvalue weighted by atomic mass is 16.5. The fourth-order valence-electron chi connectivity index (χ4n) is 3.28. The van der Waals surface area contributed by atoms with E-state index in [0.29, 0.717) is 11.7 Å². The maximum Gasteiger partial charge on any atom is 0.292 e. The van der Waals surface area contributed by atoms with Gasteiger partial charge in [0.05, 0.1) is 5.69 Å². The molecule has 0 bridgehead atoms. The largest absolute Gasteiger partial charge is 0.351 e. The number of benzene rings is 1. The third-order valence-electron chi connectivity index (χ3n) is 4.67. The minimum Gasteiger partial charge on any atom is -0.351 e. The Hall–Kier alpha value is -2.10. The van der Waals surface area contributed by atoms with Crippen molar-refractivity contribution in [3.8, 4) is 0 Å². The minimum atomic E-state index is -0.0392. The molecule has 23 heavy (non-hydrogen) atoms. The Kier molecular flexibility index (Phi) is 4.51. The predicted octanol–water partition coefficient (Wildman–Crippen LogP) is 4.13. The van der Waals surface area contributed by atoms with Gasteiger partial charge in [-0.1, -0.05) is 43.3 Å². The van der Waals surface area contributed by atoms with E-state index in [1.165, 1.54) is 11.1 Å². The monoisotopic (exact) mass is 312 g/mol. The number of aromatic nitrogens is 1. The Morgan fingerprint density at radius 2 is 2.13 bits per heavy atom. The summed E-state index contributed by atoms with van der Waals surface area (Å²) in [5, 5.41) is 4.00. The molecule has 1 aromatic heterocycles. The molecule has 122 valence electrons. The fraction of sp³-hybridized carbons (Fsp3) is 0.474. The fourth-order valence-corrected chi connectivity index (χ4v) is 3.28. The van der Waals surface area contributed by atoms with Gasteiger partial charge in [-0.15, -0.1) is 0 Å². The number of likely N-dealkylation sites (tertiary alicyclic amines) is 1. The van der Waals surface area contributed by atoms with Gasteiger partial charge in [0.25, 0.3) is 5.91 Å². The van der Waals surface area contributed by atoms with E-state index >= 15 is 0 Å². The van der Waals surface area contributed by atoms with Crippen molar-refractivity contribution in [1.82, 2.24) is 10.1 Å². The molecule has 1 aromatic carbocycles. The smallest absolute Gasteiger partial charge is 0.292 e. The van der Waals surface area contributed by atoms with Gasteiger partial charge in [-0.25, -0.2) is 0 Å². The Labute approximate surface area is 137 Å². The predicted molar refractivity (Wildman–Crippen MR) is 89.6 cm³/mol. The lowest BCUT2D eigenvalue weighted by Gasteiger charge is -2.33. The maximum absolute atomic E-state index is 12.7. The van der Waals surface area contributed by atoms with Crippen LogP contribution < -0.4 is 0 Å². The number of carbonyl (C=O) groups excluding carboxylic acids is 1. The first kappa shape index (κ1) is 15.8. The van der Waals surface area contributed by atoms with Gasteiger partial charge in [0.2, 0.25) is 5.76 Å². The molecular weight excluding hydrogens is 288 g/mol. The molecule has 0 N–H and O–H groups in total. The zero-order valence-corrected chi connectivity index (χ0v) is 14.1. The molecule has 1 amide bonds. The zero-order chi connectivity index (χ0) is 16.4. The first-order chi connectivity index (χ1) is 11.1. The van der Waals surface area contributed by atoms with E-state index in [4.69, 9.17) is 4.52 Å². The zero-order valence-electron chi connectivity index (χ0n) is 14.1. The number of hydrogen-bond acceptors (Lipinski definition) is 3. The van der Waals surface area contributed by atoms with Crippen molar-refractivity contribution in [1.29, 1.82) is 0 Å². The number of carbonyl (C=O) groups is 1. The van der Waals surface area contributed by atoms with Crippen LogP contribution in [0.4, 0.5) is 0 Å². The average molecular weight is 312 g/mol. The van der Waals surface area contributed by atoms with Crippen LogP contribution in [0, 0.1) is 6.92 Å². The van der Waals surface area contributed by atoms with E-state index in [9.17, 15) is 4.79 Å². The van der Waals surface area contributed by atoms with Crippen molar-refractivity contribution in [2.75, 3.05) is 13.1 Å². The molecule has 1 aliphatic rings. The second-order valence-corrected chi connectivity index (χ2v) is 6.72. The molecule has 1 aliphatic heterocycles. The van der Waals surface area contributed by atoms with E-state index in [1.54, 1.807) is 6.07 Å². The normalized spacial score (nSPS) is 18.4. The summed E-state index contributed by atoms with van der Waals surface area (Å²) >= 11 is 0. The van der Waals surface area contributed by atoms with Crippen molar-refractivity contribution in [2.45, 2.75) is 45.4 Å². The van der Waals surface area contributed by atoms with Crippen LogP contribution in [0.5, 0.6) is 0 Å². The van der Waals surface area contributed by atoms with Crippen LogP contribution in [-0.2, 0) is 0 Å². The molecule has 0 saturated carbocycles. The van der Waals surface area contributed by atoms with Crippen LogP contribution in [0.2, 0.25) is 0 Å². The van der Waals surface area contributed by atoms with Crippen LogP contribution in [0.1, 0.15) is 65.9 Å². The van der Waals surface area contributed by atoms with Crippen molar-refractivity contribution in [2.24, 2.45) is 0 Å². The lowest BCUT2D eigenvalue weighted by atomic mass is 9.88. The molecule has 4 nitrogen and oxygen atoms in total. The van der Waals surface area contributed by atoms with Crippen LogP contribution >= 0.6 is 0 Å². The quantitative estimate of drug-likeness (QED) is 0.856. The van der Waals surface area contributed by atoms with Gasteiger partial charge >= 0.3 is 0 Å². The summed E-state index contributed by atoms with van der Waals surface area (Å²) < 4.78 is 5.26. The first-order valence-electron chi connectivity index (χ1n) is 8.37. The molecule has 0 aliphatic carbocycles. The van der Waals surface area contributed by atoms with Crippen LogP contribution in [0.15, 0.2) is 34.9 Å². The van der Waals surface area contributed by atoms with E-state index in [2.05, 4.69) is 36.3 Å². The summed E-state index contributed by atoms with van der Waals surface area (Å²) in [5.74, 6) is 0.990. The summed E-state index contributed by atoms with van der Waals surface area (Å²) in [6.07, 6.45) is 2.15. The molecule has 3 rings (SSSR count). The van der Waals surface area contributed by atoms with Gasteiger partial charge in [0, 0.05) is 25.1 Å². The van der Waals surface area contributed by atoms with Gasteiger partial charge in [-0.2, -0.15) is 0 Å². The number of amides is 1. The third kappa shape index (κ3) is 3.31. The summed E-state index contributed by atoms with van der Waals surface area (Å²) in [6.45, 7) is 7.77. The average Bonchev–Trinajstić information content (AvgIpc) is 3.05. The Morgan fingerprint density at radius 3 is 2.83 bits per heavy atom. The SMILES string of the molecule is Cc1ccccc1[C@@H]1CCCN(C(=O)c2cc(C(C)C)no2)C1. The number of rotatable bonds is 3. The topological polar surface area (TPSA) is 46.3 Å². The molecule has 0 unspecified atom stereocenters. The molecule has 1 fully saturated rings. The summed E-state index contributed by atoms with van der Waals surface area (Å²) in [5.41, 5.74) is 3.49. The van der Waals surface area contributed by atoms with Crippen LogP contribution in [-0.4, -0.2) is 29.1 Å². The first-order valence-corrected chi connectivity index (χ1v) is 8.37. The van der Waals surface area contributed by atoms with Gasteiger partial charge in [0.15, 0.2) is 0 Å². The Balaban J connectivity index is 1.75. The maximum atomic E-state index is 12.7. The minimum absolute atomic E-state index is 0.0392. The summed E-state index contributed by atoms with van der Waals surface area (Å²) in [4.78, 5) is 14.6. The summed E-state index contributed by atoms with van der Waals surface area (Å²) in [7, 11) is 0. The van der Waals surface area contributed by atoms with Crippen LogP contribution in [0.25, 0.3) is 0 Å². The van der Waals surface area contributed by atoms with Crippen LogP contribution in [0.3, 0.4) is 0 Å². The van der Waals surface area contributed by atoms with Crippen molar-refractivity contribution < 1.29 is 9.32 Å². The van der Waals surface area contributed by atoms with Gasteiger partial charge in [-0.05, 0) is 36.8 Å². The number of hydrogen-bond donors (Lipinski definition) is 0. The molecule has 4 heteroatoms. The Bertz CT molecular complexity index is 690. The standard InChI is InChI=1S/C19H24N2O2/c1-13(2)17-11-18(23-20-17)19(22)21-10-6-8-15(12-21)16-9-5-4-7-14(16)3/h4-5,7,9,11,13,15H,6,8,10,12H2,1-3H3/t15-/m1/s1. The molecule has 0 spiro atoms. The number of aryl methyl sites for hydroxylation is 1. The highest BCUT2D eigenvalue weighted by molar-refractivity contribution is 5.91. The number of piperidine rings is 1. The van der Waals surface area contributed by atoms with Crippen molar-refractivity contribution >= 4 is 5.91 Å². The number of nitrogens with zero attached hydrogens (tertiary/aromatic N) is 2. The van der Waals surface area contributed by atoms with E-state index in [-0.39, 0.29) is 11.8 Å². The van der Waals surface area contributed by atoms with Gasteiger partial charge in [-0.3, -0.25) is 4.79 Å². The third-order valence-corrected chi connectivity index (χ3v) is 4.67. The molecule has 2 heterocycles. The molecule has 2 aromatic rings. The van der Waals surface area contributed by atoms with E-state index < -0.39 is 0 Å². The lowest BCUT2D eigenvalue weighted by molar-refractivity contribution is 0.0664. The second-order valence-electron chi connectivity index (χ2n) is 6.72. The van der Waals surface area contributed by atoms with E-state index in [0.717, 1.165) is 31.6 Å². The molecule has 1 saturated heterocycles. The van der Waals surface area contributed by atoms with Gasteiger partial charge in [0.1, 0.15) is 0 Å². The summed E-state index contributed by atoms with van der Waals surface area (Å²) in [6, 6.07) is 10.2. The lowest BCUT2D eigenvalue weighted by Crippen LogP contribution is -2.39. The molecular formula is C19H24N2O2.